The number of hydrogen-bond acceptors (Lipinski definition) is 4. The number of β-amino-alcohol motifs (C(OH)–C–C–N with tert-alkyl or cyclic N) is 1. The molecule has 1 aliphatic rings. The summed E-state index contributed by atoms with van der Waals surface area (Å²) < 4.78 is 5.42. The number of piperidine rings is 1. The van der Waals surface area contributed by atoms with Crippen molar-refractivity contribution in [3.05, 3.63) is 29.8 Å². The fraction of sp³-hybridized carbons (Fsp3) is 0.438. The summed E-state index contributed by atoms with van der Waals surface area (Å²) in [6.07, 6.45) is 1.64. The molecule has 20 heavy (non-hydrogen) atoms. The lowest BCUT2D eigenvalue weighted by atomic mass is 10.1. The minimum absolute atomic E-state index is 0.251. The maximum atomic E-state index is 9.83. The average Bonchev–Trinajstić information content (AvgIpc) is 2.46. The first-order chi connectivity index (χ1) is 9.69. The van der Waals surface area contributed by atoms with E-state index < -0.39 is 0 Å². The largest absolute Gasteiger partial charge is 0.494 e. The number of methoxy groups -OCH3 is 1. The third-order valence-corrected chi connectivity index (χ3v) is 3.94. The van der Waals surface area contributed by atoms with Gasteiger partial charge in [0.2, 0.25) is 0 Å². The van der Waals surface area contributed by atoms with E-state index in [-0.39, 0.29) is 6.10 Å². The van der Waals surface area contributed by atoms with Crippen LogP contribution in [0.15, 0.2) is 24.3 Å². The number of aliphatic hydroxyl groups excluding tert-OH is 1. The van der Waals surface area contributed by atoms with Gasteiger partial charge in [0, 0.05) is 18.5 Å². The van der Waals surface area contributed by atoms with Crippen molar-refractivity contribution in [1.29, 1.82) is 0 Å². The number of para-hydroxylation sites is 1. The van der Waals surface area contributed by atoms with Gasteiger partial charge in [-0.25, -0.2) is 4.98 Å². The van der Waals surface area contributed by atoms with Gasteiger partial charge in [0.15, 0.2) is 0 Å². The summed E-state index contributed by atoms with van der Waals surface area (Å²) in [5.74, 6) is 1.73. The smallest absolute Gasteiger partial charge is 0.145 e. The van der Waals surface area contributed by atoms with E-state index in [1.54, 1.807) is 7.11 Å². The normalized spacial score (nSPS) is 19.4. The molecule has 0 aliphatic carbocycles. The molecule has 106 valence electrons. The maximum absolute atomic E-state index is 9.83. The lowest BCUT2D eigenvalue weighted by Crippen LogP contribution is -2.38. The van der Waals surface area contributed by atoms with E-state index in [0.717, 1.165) is 41.9 Å². The topological polar surface area (TPSA) is 45.6 Å². The standard InChI is InChI=1S/C16H20N2O2/c1-11-9-15(18-8-4-5-12(19)10-18)17-16-13(11)6-3-7-14(16)20-2/h3,6-7,9,12,19H,4-5,8,10H2,1-2H3. The van der Waals surface area contributed by atoms with Crippen LogP contribution in [0.5, 0.6) is 5.75 Å². The molecule has 1 saturated heterocycles. The predicted octanol–water partition coefficient (Wildman–Crippen LogP) is 2.51. The van der Waals surface area contributed by atoms with Crippen LogP contribution in [-0.4, -0.2) is 36.4 Å². The molecule has 2 heterocycles. The molecule has 1 aromatic carbocycles. The summed E-state index contributed by atoms with van der Waals surface area (Å²) in [5, 5.41) is 10.9. The van der Waals surface area contributed by atoms with Crippen molar-refractivity contribution in [3.8, 4) is 5.75 Å². The molecule has 1 aromatic heterocycles. The molecule has 3 rings (SSSR count). The fourth-order valence-electron chi connectivity index (χ4n) is 2.86. The Morgan fingerprint density at radius 2 is 2.25 bits per heavy atom. The van der Waals surface area contributed by atoms with Gasteiger partial charge in [-0.2, -0.15) is 0 Å². The van der Waals surface area contributed by atoms with Crippen LogP contribution < -0.4 is 9.64 Å². The first-order valence-corrected chi connectivity index (χ1v) is 7.06. The van der Waals surface area contributed by atoms with Gasteiger partial charge < -0.3 is 14.7 Å². The van der Waals surface area contributed by atoms with Gasteiger partial charge in [0.05, 0.1) is 13.2 Å². The van der Waals surface area contributed by atoms with Crippen LogP contribution in [0.2, 0.25) is 0 Å². The predicted molar refractivity (Wildman–Crippen MR) is 80.5 cm³/mol. The van der Waals surface area contributed by atoms with E-state index in [0.29, 0.717) is 6.54 Å². The number of ether oxygens (including phenoxy) is 1. The molecule has 1 atom stereocenters. The molecule has 2 aromatic rings. The summed E-state index contributed by atoms with van der Waals surface area (Å²) >= 11 is 0. The van der Waals surface area contributed by atoms with Crippen molar-refractivity contribution in [2.24, 2.45) is 0 Å². The molecule has 4 heteroatoms. The zero-order valence-electron chi connectivity index (χ0n) is 12.0. The number of pyridine rings is 1. The van der Waals surface area contributed by atoms with Crippen LogP contribution in [0.1, 0.15) is 18.4 Å². The zero-order chi connectivity index (χ0) is 14.1. The van der Waals surface area contributed by atoms with Crippen molar-refractivity contribution in [1.82, 2.24) is 4.98 Å². The summed E-state index contributed by atoms with van der Waals surface area (Å²) in [6.45, 7) is 3.70. The Bertz CT molecular complexity index is 627. The molecule has 0 spiro atoms. The number of fused-ring (bicyclic) bond motifs is 1. The van der Waals surface area contributed by atoms with Crippen molar-refractivity contribution >= 4 is 16.7 Å². The van der Waals surface area contributed by atoms with Crippen molar-refractivity contribution in [2.75, 3.05) is 25.1 Å². The lowest BCUT2D eigenvalue weighted by Gasteiger charge is -2.31. The number of hydrogen-bond donors (Lipinski definition) is 1. The number of benzene rings is 1. The van der Waals surface area contributed by atoms with E-state index in [1.165, 1.54) is 5.56 Å². The average molecular weight is 272 g/mol. The number of aryl methyl sites for hydroxylation is 1. The quantitative estimate of drug-likeness (QED) is 0.912. The van der Waals surface area contributed by atoms with Crippen molar-refractivity contribution in [2.45, 2.75) is 25.9 Å². The molecule has 0 amide bonds. The molecule has 1 N–H and O–H groups in total. The highest BCUT2D eigenvalue weighted by atomic mass is 16.5. The van der Waals surface area contributed by atoms with Gasteiger partial charge in [0.1, 0.15) is 17.1 Å². The van der Waals surface area contributed by atoms with Crippen LogP contribution in [0.4, 0.5) is 5.82 Å². The zero-order valence-corrected chi connectivity index (χ0v) is 12.0. The van der Waals surface area contributed by atoms with E-state index >= 15 is 0 Å². The number of aromatic nitrogens is 1. The van der Waals surface area contributed by atoms with E-state index in [2.05, 4.69) is 24.0 Å². The second-order valence-electron chi connectivity index (χ2n) is 5.40. The molecule has 0 radical (unpaired) electrons. The van der Waals surface area contributed by atoms with Crippen molar-refractivity contribution in [3.63, 3.8) is 0 Å². The Morgan fingerprint density at radius 3 is 3.00 bits per heavy atom. The number of aliphatic hydroxyl groups is 1. The van der Waals surface area contributed by atoms with Crippen LogP contribution >= 0.6 is 0 Å². The highest BCUT2D eigenvalue weighted by Gasteiger charge is 2.20. The number of anilines is 1. The van der Waals surface area contributed by atoms with Crippen LogP contribution in [0.25, 0.3) is 10.9 Å². The van der Waals surface area contributed by atoms with E-state index in [9.17, 15) is 5.11 Å². The molecule has 1 aliphatic heterocycles. The summed E-state index contributed by atoms with van der Waals surface area (Å²) in [7, 11) is 1.67. The van der Waals surface area contributed by atoms with Crippen LogP contribution in [-0.2, 0) is 0 Å². The summed E-state index contributed by atoms with van der Waals surface area (Å²) in [6, 6.07) is 8.08. The molecular formula is C16H20N2O2. The van der Waals surface area contributed by atoms with E-state index in [1.807, 2.05) is 12.1 Å². The highest BCUT2D eigenvalue weighted by Crippen LogP contribution is 2.30. The molecule has 0 saturated carbocycles. The van der Waals surface area contributed by atoms with Crippen LogP contribution in [0, 0.1) is 6.92 Å². The Balaban J connectivity index is 2.08. The fourth-order valence-corrected chi connectivity index (χ4v) is 2.86. The molecular weight excluding hydrogens is 252 g/mol. The monoisotopic (exact) mass is 272 g/mol. The van der Waals surface area contributed by atoms with Gasteiger partial charge in [-0.05, 0) is 37.5 Å². The maximum Gasteiger partial charge on any atom is 0.145 e. The Labute approximate surface area is 119 Å². The van der Waals surface area contributed by atoms with Gasteiger partial charge in [-0.1, -0.05) is 12.1 Å². The first kappa shape index (κ1) is 13.2. The minimum atomic E-state index is -0.251. The Morgan fingerprint density at radius 1 is 1.40 bits per heavy atom. The van der Waals surface area contributed by atoms with Crippen molar-refractivity contribution < 1.29 is 9.84 Å². The Kier molecular flexibility index (Phi) is 3.49. The number of rotatable bonds is 2. The molecule has 0 bridgehead atoms. The Hall–Kier alpha value is -1.81. The second-order valence-corrected chi connectivity index (χ2v) is 5.40. The molecule has 4 nitrogen and oxygen atoms in total. The molecule has 1 unspecified atom stereocenters. The second kappa shape index (κ2) is 5.29. The van der Waals surface area contributed by atoms with Gasteiger partial charge in [-0.15, -0.1) is 0 Å². The van der Waals surface area contributed by atoms with E-state index in [4.69, 9.17) is 9.72 Å². The minimum Gasteiger partial charge on any atom is -0.494 e. The van der Waals surface area contributed by atoms with Gasteiger partial charge in [0.25, 0.3) is 0 Å². The van der Waals surface area contributed by atoms with Gasteiger partial charge in [-0.3, -0.25) is 0 Å². The third kappa shape index (κ3) is 2.31. The SMILES string of the molecule is COc1cccc2c(C)cc(N3CCCC(O)C3)nc12. The first-order valence-electron chi connectivity index (χ1n) is 7.06. The van der Waals surface area contributed by atoms with Crippen LogP contribution in [0.3, 0.4) is 0 Å². The highest BCUT2D eigenvalue weighted by molar-refractivity contribution is 5.88. The third-order valence-electron chi connectivity index (χ3n) is 3.94. The summed E-state index contributed by atoms with van der Waals surface area (Å²) in [4.78, 5) is 6.91. The lowest BCUT2D eigenvalue weighted by molar-refractivity contribution is 0.154. The van der Waals surface area contributed by atoms with Gasteiger partial charge >= 0.3 is 0 Å². The number of nitrogens with zero attached hydrogens (tertiary/aromatic N) is 2. The summed E-state index contributed by atoms with van der Waals surface area (Å²) in [5.41, 5.74) is 2.08. The molecule has 1 fully saturated rings.